The van der Waals surface area contributed by atoms with Crippen LogP contribution in [-0.2, 0) is 9.53 Å². The Morgan fingerprint density at radius 1 is 1.27 bits per heavy atom. The standard InChI is InChI=1S/C18H24O4/c1-4-21-18(19)11-13(2)14-9-10-16(20-3)17(12-14)22-15-7-5-6-8-15/h9-12,15H,4-8H2,1-3H3. The molecule has 0 spiro atoms. The van der Waals surface area contributed by atoms with E-state index in [1.165, 1.54) is 18.9 Å². The van der Waals surface area contributed by atoms with Gasteiger partial charge in [0.2, 0.25) is 0 Å². The van der Waals surface area contributed by atoms with Crippen LogP contribution in [0.5, 0.6) is 11.5 Å². The van der Waals surface area contributed by atoms with Gasteiger partial charge in [-0.25, -0.2) is 4.79 Å². The summed E-state index contributed by atoms with van der Waals surface area (Å²) in [4.78, 5) is 11.6. The lowest BCUT2D eigenvalue weighted by Gasteiger charge is -2.17. The van der Waals surface area contributed by atoms with Crippen LogP contribution >= 0.6 is 0 Å². The quantitative estimate of drug-likeness (QED) is 0.589. The SMILES string of the molecule is CCOC(=O)C=C(C)c1ccc(OC)c(OC2CCCC2)c1. The van der Waals surface area contributed by atoms with Crippen molar-refractivity contribution in [1.82, 2.24) is 0 Å². The molecule has 1 aliphatic rings. The zero-order chi connectivity index (χ0) is 15.9. The van der Waals surface area contributed by atoms with Gasteiger partial charge in [0.1, 0.15) is 0 Å². The summed E-state index contributed by atoms with van der Waals surface area (Å²) in [6.45, 7) is 4.06. The minimum atomic E-state index is -0.325. The Kier molecular flexibility index (Phi) is 5.87. The van der Waals surface area contributed by atoms with Gasteiger partial charge in [-0.2, -0.15) is 0 Å². The predicted molar refractivity (Wildman–Crippen MR) is 86.2 cm³/mol. The molecule has 0 aromatic heterocycles. The Bertz CT molecular complexity index is 542. The van der Waals surface area contributed by atoms with Crippen LogP contribution in [0.15, 0.2) is 24.3 Å². The fourth-order valence-electron chi connectivity index (χ4n) is 2.64. The van der Waals surface area contributed by atoms with Gasteiger partial charge in [-0.3, -0.25) is 0 Å². The lowest BCUT2D eigenvalue weighted by atomic mass is 10.1. The normalized spacial score (nSPS) is 15.7. The van der Waals surface area contributed by atoms with Crippen molar-refractivity contribution < 1.29 is 19.0 Å². The minimum absolute atomic E-state index is 0.262. The third kappa shape index (κ3) is 4.26. The summed E-state index contributed by atoms with van der Waals surface area (Å²) >= 11 is 0. The van der Waals surface area contributed by atoms with Crippen molar-refractivity contribution in [3.05, 3.63) is 29.8 Å². The number of carbonyl (C=O) groups excluding carboxylic acids is 1. The second kappa shape index (κ2) is 7.87. The highest BCUT2D eigenvalue weighted by molar-refractivity contribution is 5.91. The van der Waals surface area contributed by atoms with Crippen molar-refractivity contribution in [2.75, 3.05) is 13.7 Å². The van der Waals surface area contributed by atoms with Crippen molar-refractivity contribution in [3.63, 3.8) is 0 Å². The van der Waals surface area contributed by atoms with Crippen LogP contribution in [0.2, 0.25) is 0 Å². The molecule has 4 heteroatoms. The number of methoxy groups -OCH3 is 1. The lowest BCUT2D eigenvalue weighted by molar-refractivity contribution is -0.137. The largest absolute Gasteiger partial charge is 0.493 e. The Morgan fingerprint density at radius 2 is 2.00 bits per heavy atom. The number of rotatable bonds is 6. The van der Waals surface area contributed by atoms with Gasteiger partial charge in [0.25, 0.3) is 0 Å². The molecule has 120 valence electrons. The average molecular weight is 304 g/mol. The predicted octanol–water partition coefficient (Wildman–Crippen LogP) is 3.98. The van der Waals surface area contributed by atoms with E-state index in [1.54, 1.807) is 14.0 Å². The maximum absolute atomic E-state index is 11.6. The third-order valence-electron chi connectivity index (χ3n) is 3.84. The van der Waals surface area contributed by atoms with Gasteiger partial charge in [-0.05, 0) is 62.8 Å². The van der Waals surface area contributed by atoms with Crippen molar-refractivity contribution in [1.29, 1.82) is 0 Å². The fourth-order valence-corrected chi connectivity index (χ4v) is 2.64. The summed E-state index contributed by atoms with van der Waals surface area (Å²) in [5.41, 5.74) is 1.78. The molecule has 0 atom stereocenters. The number of benzene rings is 1. The monoisotopic (exact) mass is 304 g/mol. The fraction of sp³-hybridized carbons (Fsp3) is 0.500. The van der Waals surface area contributed by atoms with E-state index in [-0.39, 0.29) is 12.1 Å². The molecule has 0 radical (unpaired) electrons. The minimum Gasteiger partial charge on any atom is -0.493 e. The van der Waals surface area contributed by atoms with E-state index in [9.17, 15) is 4.79 Å². The lowest BCUT2D eigenvalue weighted by Crippen LogP contribution is -2.11. The smallest absolute Gasteiger partial charge is 0.331 e. The van der Waals surface area contributed by atoms with Gasteiger partial charge < -0.3 is 14.2 Å². The first-order chi connectivity index (χ1) is 10.6. The second-order valence-electron chi connectivity index (χ2n) is 5.47. The van der Waals surface area contributed by atoms with Crippen molar-refractivity contribution in [2.45, 2.75) is 45.6 Å². The highest BCUT2D eigenvalue weighted by Gasteiger charge is 2.18. The maximum Gasteiger partial charge on any atom is 0.331 e. The first-order valence-corrected chi connectivity index (χ1v) is 7.84. The van der Waals surface area contributed by atoms with E-state index >= 15 is 0 Å². The summed E-state index contributed by atoms with van der Waals surface area (Å²) in [5.74, 6) is 1.14. The number of carbonyl (C=O) groups is 1. The Hall–Kier alpha value is -1.97. The third-order valence-corrected chi connectivity index (χ3v) is 3.84. The number of ether oxygens (including phenoxy) is 3. The Morgan fingerprint density at radius 3 is 2.64 bits per heavy atom. The van der Waals surface area contributed by atoms with Gasteiger partial charge in [0.05, 0.1) is 19.8 Å². The van der Waals surface area contributed by atoms with Crippen LogP contribution in [0.25, 0.3) is 5.57 Å². The molecule has 0 aliphatic heterocycles. The molecular weight excluding hydrogens is 280 g/mol. The zero-order valence-corrected chi connectivity index (χ0v) is 13.6. The molecule has 1 saturated carbocycles. The summed E-state index contributed by atoms with van der Waals surface area (Å²) in [6, 6.07) is 5.73. The molecule has 22 heavy (non-hydrogen) atoms. The topological polar surface area (TPSA) is 44.8 Å². The number of esters is 1. The van der Waals surface area contributed by atoms with Gasteiger partial charge in [-0.15, -0.1) is 0 Å². The first-order valence-electron chi connectivity index (χ1n) is 7.84. The number of allylic oxidation sites excluding steroid dienone is 1. The Labute approximate surface area is 132 Å². The molecule has 4 nitrogen and oxygen atoms in total. The molecule has 0 N–H and O–H groups in total. The van der Waals surface area contributed by atoms with Crippen LogP contribution in [0.3, 0.4) is 0 Å². The Balaban J connectivity index is 2.20. The molecule has 1 aliphatic carbocycles. The van der Waals surface area contributed by atoms with Crippen molar-refractivity contribution >= 4 is 11.5 Å². The molecule has 0 saturated heterocycles. The van der Waals surface area contributed by atoms with Gasteiger partial charge in [0, 0.05) is 6.08 Å². The highest BCUT2D eigenvalue weighted by atomic mass is 16.5. The zero-order valence-electron chi connectivity index (χ0n) is 13.6. The molecule has 0 unspecified atom stereocenters. The summed E-state index contributed by atoms with van der Waals surface area (Å²) in [5, 5.41) is 0. The molecule has 1 aromatic carbocycles. The average Bonchev–Trinajstić information content (AvgIpc) is 3.00. The van der Waals surface area contributed by atoms with E-state index in [1.807, 2.05) is 25.1 Å². The maximum atomic E-state index is 11.6. The highest BCUT2D eigenvalue weighted by Crippen LogP contribution is 2.34. The summed E-state index contributed by atoms with van der Waals surface area (Å²) in [7, 11) is 1.64. The van der Waals surface area contributed by atoms with Crippen LogP contribution in [0, 0.1) is 0 Å². The molecule has 1 fully saturated rings. The summed E-state index contributed by atoms with van der Waals surface area (Å²) in [6.07, 6.45) is 6.38. The number of hydrogen-bond acceptors (Lipinski definition) is 4. The van der Waals surface area contributed by atoms with Crippen molar-refractivity contribution in [2.24, 2.45) is 0 Å². The second-order valence-corrected chi connectivity index (χ2v) is 5.47. The van der Waals surface area contributed by atoms with Gasteiger partial charge >= 0.3 is 5.97 Å². The van der Waals surface area contributed by atoms with Crippen LogP contribution in [0.4, 0.5) is 0 Å². The first kappa shape index (κ1) is 16.4. The van der Waals surface area contributed by atoms with Crippen LogP contribution in [-0.4, -0.2) is 25.8 Å². The molecule has 2 rings (SSSR count). The number of hydrogen-bond donors (Lipinski definition) is 0. The van der Waals surface area contributed by atoms with E-state index < -0.39 is 0 Å². The van der Waals surface area contributed by atoms with E-state index in [2.05, 4.69) is 0 Å². The summed E-state index contributed by atoms with van der Waals surface area (Å²) < 4.78 is 16.4. The molecule has 0 heterocycles. The molecule has 1 aromatic rings. The van der Waals surface area contributed by atoms with E-state index in [0.29, 0.717) is 6.61 Å². The molecular formula is C18H24O4. The van der Waals surface area contributed by atoms with Gasteiger partial charge in [-0.1, -0.05) is 6.07 Å². The molecule has 0 amide bonds. The van der Waals surface area contributed by atoms with Crippen LogP contribution < -0.4 is 9.47 Å². The van der Waals surface area contributed by atoms with E-state index in [4.69, 9.17) is 14.2 Å². The van der Waals surface area contributed by atoms with Crippen molar-refractivity contribution in [3.8, 4) is 11.5 Å². The van der Waals surface area contributed by atoms with E-state index in [0.717, 1.165) is 35.5 Å². The van der Waals surface area contributed by atoms with Gasteiger partial charge in [0.15, 0.2) is 11.5 Å². The van der Waals surface area contributed by atoms with Crippen LogP contribution in [0.1, 0.15) is 45.1 Å². The molecule has 0 bridgehead atoms.